The van der Waals surface area contributed by atoms with Gasteiger partial charge in [0.25, 0.3) is 0 Å². The number of aromatic nitrogens is 2. The average molecular weight is 477 g/mol. The number of likely N-dealkylation sites (N-methyl/N-ethyl adjacent to an activating group) is 1. The summed E-state index contributed by atoms with van der Waals surface area (Å²) >= 11 is 7.28. The van der Waals surface area contributed by atoms with Crippen molar-refractivity contribution in [2.24, 2.45) is 5.92 Å². The van der Waals surface area contributed by atoms with E-state index >= 15 is 0 Å². The highest BCUT2D eigenvalue weighted by atomic mass is 35.5. The lowest BCUT2D eigenvalue weighted by molar-refractivity contribution is -0.137. The molecule has 11 heteroatoms. The van der Waals surface area contributed by atoms with Crippen LogP contribution >= 0.6 is 22.9 Å². The lowest BCUT2D eigenvalue weighted by atomic mass is 9.84. The van der Waals surface area contributed by atoms with Gasteiger partial charge < -0.3 is 20.9 Å². The van der Waals surface area contributed by atoms with E-state index in [9.17, 15) is 14.4 Å². The molecule has 0 aromatic carbocycles. The fraction of sp³-hybridized carbons (Fsp3) is 0.476. The number of pyridine rings is 1. The molecule has 0 bridgehead atoms. The van der Waals surface area contributed by atoms with Crippen LogP contribution in [0.5, 0.6) is 0 Å². The average Bonchev–Trinajstić information content (AvgIpc) is 3.16. The minimum atomic E-state index is -0.832. The zero-order valence-corrected chi connectivity index (χ0v) is 19.3. The van der Waals surface area contributed by atoms with E-state index in [0.29, 0.717) is 23.0 Å². The third-order valence-corrected chi connectivity index (χ3v) is 6.97. The van der Waals surface area contributed by atoms with Crippen molar-refractivity contribution < 1.29 is 14.4 Å². The van der Waals surface area contributed by atoms with E-state index in [4.69, 9.17) is 11.6 Å². The van der Waals surface area contributed by atoms with E-state index < -0.39 is 23.8 Å². The van der Waals surface area contributed by atoms with Crippen LogP contribution in [0.2, 0.25) is 5.02 Å². The summed E-state index contributed by atoms with van der Waals surface area (Å²) in [5.41, 5.74) is 1.05. The summed E-state index contributed by atoms with van der Waals surface area (Å²) in [4.78, 5) is 49.7. The number of nitrogens with zero attached hydrogens (tertiary/aromatic N) is 3. The maximum Gasteiger partial charge on any atom is 0.314 e. The molecule has 170 valence electrons. The molecule has 32 heavy (non-hydrogen) atoms. The van der Waals surface area contributed by atoms with Crippen molar-refractivity contribution in [3.05, 3.63) is 33.9 Å². The number of nitrogens with one attached hydrogen (secondary N) is 3. The van der Waals surface area contributed by atoms with Crippen molar-refractivity contribution in [2.75, 3.05) is 24.2 Å². The van der Waals surface area contributed by atoms with Gasteiger partial charge >= 0.3 is 11.8 Å². The third-order valence-electron chi connectivity index (χ3n) is 5.75. The smallest absolute Gasteiger partial charge is 0.314 e. The number of hydrogen-bond acceptors (Lipinski definition) is 7. The fourth-order valence-corrected chi connectivity index (χ4v) is 5.25. The Morgan fingerprint density at radius 3 is 2.75 bits per heavy atom. The molecule has 9 nitrogen and oxygen atoms in total. The molecular weight excluding hydrogens is 452 g/mol. The second-order valence-corrected chi connectivity index (χ2v) is 9.67. The lowest BCUT2D eigenvalue weighted by Gasteiger charge is -2.30. The number of rotatable bonds is 4. The van der Waals surface area contributed by atoms with Crippen molar-refractivity contribution in [1.82, 2.24) is 20.2 Å². The molecule has 2 atom stereocenters. The summed E-state index contributed by atoms with van der Waals surface area (Å²) in [5.74, 6) is -1.99. The zero-order chi connectivity index (χ0) is 22.7. The Kier molecular flexibility index (Phi) is 7.02. The second kappa shape index (κ2) is 9.93. The molecule has 3 amide bonds. The minimum absolute atomic E-state index is 0.172. The lowest BCUT2D eigenvalue weighted by Crippen LogP contribution is -2.49. The van der Waals surface area contributed by atoms with Gasteiger partial charge in [0, 0.05) is 36.6 Å². The van der Waals surface area contributed by atoms with Gasteiger partial charge in [-0.25, -0.2) is 9.97 Å². The number of hydrogen-bond donors (Lipinski definition) is 3. The predicted molar refractivity (Wildman–Crippen MR) is 123 cm³/mol. The quantitative estimate of drug-likeness (QED) is 0.583. The van der Waals surface area contributed by atoms with Gasteiger partial charge in [0.1, 0.15) is 5.82 Å². The predicted octanol–water partition coefficient (Wildman–Crippen LogP) is 2.43. The van der Waals surface area contributed by atoms with E-state index in [1.54, 1.807) is 6.07 Å². The summed E-state index contributed by atoms with van der Waals surface area (Å²) in [6.07, 6.45) is 5.31. The van der Waals surface area contributed by atoms with Gasteiger partial charge in [0.15, 0.2) is 5.13 Å². The molecule has 2 aromatic heterocycles. The van der Waals surface area contributed by atoms with Gasteiger partial charge in [0.2, 0.25) is 5.91 Å². The van der Waals surface area contributed by atoms with E-state index in [1.807, 2.05) is 0 Å². The minimum Gasteiger partial charge on any atom is -0.344 e. The number of thiazole rings is 1. The molecule has 2 aromatic rings. The van der Waals surface area contributed by atoms with Crippen LogP contribution < -0.4 is 16.0 Å². The van der Waals surface area contributed by atoms with Crippen molar-refractivity contribution in [2.45, 2.75) is 44.7 Å². The fourth-order valence-electron chi connectivity index (χ4n) is 4.05. The molecule has 1 saturated carbocycles. The first-order valence-electron chi connectivity index (χ1n) is 10.6. The number of carbonyl (C=O) groups excluding carboxylic acids is 3. The summed E-state index contributed by atoms with van der Waals surface area (Å²) in [6, 6.07) is 2.66. The Labute approximate surface area is 194 Å². The first-order valence-corrected chi connectivity index (χ1v) is 11.8. The van der Waals surface area contributed by atoms with E-state index in [-0.39, 0.29) is 11.7 Å². The van der Waals surface area contributed by atoms with Crippen LogP contribution in [-0.4, -0.2) is 52.2 Å². The first-order chi connectivity index (χ1) is 15.4. The Morgan fingerprint density at radius 2 is 1.97 bits per heavy atom. The maximum atomic E-state index is 13.0. The zero-order valence-electron chi connectivity index (χ0n) is 17.7. The molecule has 3 N–H and O–H groups in total. The van der Waals surface area contributed by atoms with Gasteiger partial charge in [-0.15, -0.1) is 11.3 Å². The molecule has 2 aliphatic rings. The normalized spacial score (nSPS) is 20.8. The van der Waals surface area contributed by atoms with Crippen molar-refractivity contribution in [3.8, 4) is 0 Å². The van der Waals surface area contributed by atoms with Crippen LogP contribution in [0, 0.1) is 5.92 Å². The van der Waals surface area contributed by atoms with Crippen molar-refractivity contribution in [1.29, 1.82) is 0 Å². The molecule has 0 saturated heterocycles. The Balaban J connectivity index is 1.36. The molecule has 1 aliphatic heterocycles. The van der Waals surface area contributed by atoms with Gasteiger partial charge in [-0.1, -0.05) is 24.4 Å². The SMILES string of the molecule is CN1CCc2nc(NC(=O)[C@@H]3CCCC[C@H]3NC(=O)C(=O)Nc3ccc(Cl)cn3)sc2C1. The summed E-state index contributed by atoms with van der Waals surface area (Å²) in [6.45, 7) is 1.79. The number of carbonyl (C=O) groups is 3. The summed E-state index contributed by atoms with van der Waals surface area (Å²) in [5, 5.41) is 9.13. The highest BCUT2D eigenvalue weighted by Crippen LogP contribution is 2.30. The molecule has 4 rings (SSSR count). The van der Waals surface area contributed by atoms with E-state index in [0.717, 1.165) is 38.0 Å². The Hall–Kier alpha value is -2.56. The van der Waals surface area contributed by atoms with Crippen LogP contribution in [-0.2, 0) is 27.3 Å². The summed E-state index contributed by atoms with van der Waals surface area (Å²) in [7, 11) is 2.06. The standard InChI is InChI=1S/C21H25ClN6O3S/c1-28-9-8-15-16(11-28)32-21(25-15)27-18(29)13-4-2-3-5-14(13)24-19(30)20(31)26-17-7-6-12(22)10-23-17/h6-7,10,13-14H,2-5,8-9,11H2,1H3,(H,24,30)(H,23,26,31)(H,25,27,29)/t13-,14-/m1/s1. The van der Waals surface area contributed by atoms with Crippen molar-refractivity contribution in [3.63, 3.8) is 0 Å². The van der Waals surface area contributed by atoms with Crippen LogP contribution in [0.4, 0.5) is 10.9 Å². The van der Waals surface area contributed by atoms with Gasteiger partial charge in [-0.05, 0) is 32.0 Å². The number of amides is 3. The monoisotopic (exact) mass is 476 g/mol. The highest BCUT2D eigenvalue weighted by molar-refractivity contribution is 7.15. The number of fused-ring (bicyclic) bond motifs is 1. The van der Waals surface area contributed by atoms with Crippen molar-refractivity contribution >= 4 is 51.6 Å². The summed E-state index contributed by atoms with van der Waals surface area (Å²) < 4.78 is 0. The third kappa shape index (κ3) is 5.43. The number of anilines is 2. The molecule has 1 aliphatic carbocycles. The van der Waals surface area contributed by atoms with Crippen LogP contribution in [0.15, 0.2) is 18.3 Å². The van der Waals surface area contributed by atoms with Gasteiger partial charge in [0.05, 0.1) is 16.6 Å². The van der Waals surface area contributed by atoms with Gasteiger partial charge in [-0.2, -0.15) is 0 Å². The number of halogens is 1. The van der Waals surface area contributed by atoms with E-state index in [1.165, 1.54) is 28.5 Å². The Morgan fingerprint density at radius 1 is 1.16 bits per heavy atom. The maximum absolute atomic E-state index is 13.0. The largest absolute Gasteiger partial charge is 0.344 e. The Bertz CT molecular complexity index is 1010. The topological polar surface area (TPSA) is 116 Å². The molecule has 3 heterocycles. The molecule has 1 fully saturated rings. The molecular formula is C21H25ClN6O3S. The highest BCUT2D eigenvalue weighted by Gasteiger charge is 2.34. The van der Waals surface area contributed by atoms with E-state index in [2.05, 4.69) is 37.9 Å². The van der Waals surface area contributed by atoms with Crippen LogP contribution in [0.3, 0.4) is 0 Å². The second-order valence-electron chi connectivity index (χ2n) is 8.15. The molecule has 0 unspecified atom stereocenters. The molecule has 0 spiro atoms. The van der Waals surface area contributed by atoms with Crippen LogP contribution in [0.1, 0.15) is 36.3 Å². The van der Waals surface area contributed by atoms with Crippen LogP contribution in [0.25, 0.3) is 0 Å². The van der Waals surface area contributed by atoms with Gasteiger partial charge in [-0.3, -0.25) is 14.4 Å². The molecule has 0 radical (unpaired) electrons. The first kappa shape index (κ1) is 22.6.